The minimum Gasteiger partial charge on any atom is -0.504 e. The number of carbonyl (C=O) groups excluding carboxylic acids is 1. The van der Waals surface area contributed by atoms with Crippen LogP contribution in [0.5, 0.6) is 23.0 Å². The van der Waals surface area contributed by atoms with E-state index in [1.54, 1.807) is 12.1 Å². The first kappa shape index (κ1) is 33.8. The zero-order valence-corrected chi connectivity index (χ0v) is 23.8. The molecule has 43 heavy (non-hydrogen) atoms. The summed E-state index contributed by atoms with van der Waals surface area (Å²) in [7, 11) is 2.65. The Balaban J connectivity index is 2.12. The van der Waals surface area contributed by atoms with Gasteiger partial charge in [-0.25, -0.2) is 0 Å². The normalized spacial score (nSPS) is 21.7. The van der Waals surface area contributed by atoms with E-state index in [4.69, 9.17) is 28.8 Å². The second-order valence-corrected chi connectivity index (χ2v) is 9.88. The number of phenols is 1. The average Bonchev–Trinajstić information content (AvgIpc) is 2.99. The number of aryl methyl sites for hydroxylation is 2. The highest BCUT2D eigenvalue weighted by Crippen LogP contribution is 2.47. The molecule has 7 N–H and O–H groups in total. The van der Waals surface area contributed by atoms with Crippen LogP contribution in [-0.2, 0) is 31.9 Å². The third-order valence-corrected chi connectivity index (χ3v) is 6.87. The Morgan fingerprint density at radius 3 is 2.09 bits per heavy atom. The van der Waals surface area contributed by atoms with Gasteiger partial charge >= 0.3 is 11.9 Å². The summed E-state index contributed by atoms with van der Waals surface area (Å²) in [6, 6.07) is 6.15. The summed E-state index contributed by atoms with van der Waals surface area (Å²) in [4.78, 5) is 23.5. The molecule has 2 aromatic rings. The number of rotatable bonds is 15. The zero-order chi connectivity index (χ0) is 31.7. The highest BCUT2D eigenvalue weighted by Gasteiger charge is 2.45. The second-order valence-electron chi connectivity index (χ2n) is 9.88. The maximum absolute atomic E-state index is 12.2. The molecule has 0 radical (unpaired) electrons. The third-order valence-electron chi connectivity index (χ3n) is 6.87. The molecule has 0 unspecified atom stereocenters. The first-order valence-electron chi connectivity index (χ1n) is 13.6. The number of hydrogen-bond acceptors (Lipinski definition) is 13. The number of hydrogen-bond donors (Lipinski definition) is 7. The van der Waals surface area contributed by atoms with Gasteiger partial charge in [0.2, 0.25) is 6.29 Å². The Morgan fingerprint density at radius 2 is 1.49 bits per heavy atom. The molecule has 1 heterocycles. The molecular formula is C29H38O14. The molecule has 0 saturated carbocycles. The smallest absolute Gasteiger partial charge is 0.306 e. The van der Waals surface area contributed by atoms with Crippen LogP contribution in [0.25, 0.3) is 11.1 Å². The van der Waals surface area contributed by atoms with Crippen molar-refractivity contribution >= 4 is 11.9 Å². The van der Waals surface area contributed by atoms with Crippen molar-refractivity contribution in [1.82, 2.24) is 0 Å². The number of benzene rings is 2. The summed E-state index contributed by atoms with van der Waals surface area (Å²) in [5.74, 6) is -1.83. The molecule has 238 valence electrons. The molecular weight excluding hydrogens is 572 g/mol. The van der Waals surface area contributed by atoms with Crippen LogP contribution in [-0.4, -0.2) is 112 Å². The lowest BCUT2D eigenvalue weighted by Crippen LogP contribution is -2.60. The Bertz CT molecular complexity index is 1250. The van der Waals surface area contributed by atoms with Gasteiger partial charge in [-0.05, 0) is 48.2 Å². The standard InChI is InChI=1S/C29H38O14/c1-39-19-12-15(4-6-22(32)33)10-17(24(19)35)18-11-16(5-7-23(34)41-9-3-8-30)13-20(40-2)28(18)43-29-27(38)26(37)25(36)21(14-31)42-29/h10-13,21,25-27,29-31,35-38H,3-9,14H2,1-2H3,(H,32,33)/t21-,25-,26+,27-,29-/m1/s1. The van der Waals surface area contributed by atoms with Gasteiger partial charge < -0.3 is 59.4 Å². The molecule has 14 heteroatoms. The van der Waals surface area contributed by atoms with E-state index in [0.717, 1.165) is 0 Å². The first-order valence-corrected chi connectivity index (χ1v) is 13.6. The summed E-state index contributed by atoms with van der Waals surface area (Å²) >= 11 is 0. The molecule has 0 aromatic heterocycles. The summed E-state index contributed by atoms with van der Waals surface area (Å²) in [6.45, 7) is -0.749. The Morgan fingerprint density at radius 1 is 0.860 bits per heavy atom. The number of ether oxygens (including phenoxy) is 5. The van der Waals surface area contributed by atoms with Crippen molar-refractivity contribution in [2.45, 2.75) is 62.8 Å². The van der Waals surface area contributed by atoms with Crippen LogP contribution in [0.4, 0.5) is 0 Å². The fourth-order valence-electron chi connectivity index (χ4n) is 4.55. The van der Waals surface area contributed by atoms with Crippen molar-refractivity contribution in [3.05, 3.63) is 35.4 Å². The molecule has 5 atom stereocenters. The van der Waals surface area contributed by atoms with Crippen LogP contribution in [0.1, 0.15) is 30.4 Å². The average molecular weight is 611 g/mol. The highest BCUT2D eigenvalue weighted by molar-refractivity contribution is 5.82. The van der Waals surface area contributed by atoms with Gasteiger partial charge in [0.25, 0.3) is 0 Å². The van der Waals surface area contributed by atoms with Crippen molar-refractivity contribution in [2.24, 2.45) is 0 Å². The number of methoxy groups -OCH3 is 2. The predicted octanol–water partition coefficient (Wildman–Crippen LogP) is 0.130. The maximum atomic E-state index is 12.2. The van der Waals surface area contributed by atoms with E-state index in [1.165, 1.54) is 26.4 Å². The van der Waals surface area contributed by atoms with E-state index in [-0.39, 0.29) is 73.0 Å². The number of esters is 1. The number of aliphatic carboxylic acids is 1. The van der Waals surface area contributed by atoms with Crippen molar-refractivity contribution < 1.29 is 69.0 Å². The molecule has 0 spiro atoms. The number of aliphatic hydroxyl groups is 5. The quantitative estimate of drug-likeness (QED) is 0.105. The van der Waals surface area contributed by atoms with Gasteiger partial charge in [0.1, 0.15) is 24.4 Å². The van der Waals surface area contributed by atoms with Gasteiger partial charge in [0.15, 0.2) is 23.0 Å². The molecule has 1 fully saturated rings. The number of aliphatic hydroxyl groups excluding tert-OH is 5. The second kappa shape index (κ2) is 15.7. The number of carbonyl (C=O) groups is 2. The Labute approximate surface area is 247 Å². The fraction of sp³-hybridized carbons (Fsp3) is 0.517. The van der Waals surface area contributed by atoms with Crippen molar-refractivity contribution in [3.63, 3.8) is 0 Å². The van der Waals surface area contributed by atoms with Crippen molar-refractivity contribution in [3.8, 4) is 34.1 Å². The summed E-state index contributed by atoms with van der Waals surface area (Å²) < 4.78 is 27.5. The van der Waals surface area contributed by atoms with E-state index < -0.39 is 49.3 Å². The van der Waals surface area contributed by atoms with Crippen molar-refractivity contribution in [1.29, 1.82) is 0 Å². The molecule has 1 aliphatic heterocycles. The Hall–Kier alpha value is -3.66. The van der Waals surface area contributed by atoms with E-state index in [1.807, 2.05) is 0 Å². The van der Waals surface area contributed by atoms with E-state index in [2.05, 4.69) is 0 Å². The maximum Gasteiger partial charge on any atom is 0.306 e. The molecule has 2 aromatic carbocycles. The lowest BCUT2D eigenvalue weighted by atomic mass is 9.95. The molecule has 1 aliphatic rings. The van der Waals surface area contributed by atoms with Crippen LogP contribution >= 0.6 is 0 Å². The number of phenolic OH excluding ortho intramolecular Hbond substituents is 1. The lowest BCUT2D eigenvalue weighted by Gasteiger charge is -2.40. The van der Waals surface area contributed by atoms with Gasteiger partial charge in [-0.15, -0.1) is 0 Å². The highest BCUT2D eigenvalue weighted by atomic mass is 16.7. The number of aromatic hydroxyl groups is 1. The number of carboxylic acids is 1. The zero-order valence-electron chi connectivity index (χ0n) is 23.8. The van der Waals surface area contributed by atoms with E-state index >= 15 is 0 Å². The van der Waals surface area contributed by atoms with Crippen LogP contribution < -0.4 is 14.2 Å². The van der Waals surface area contributed by atoms with Gasteiger partial charge in [0.05, 0.1) is 27.4 Å². The topological polar surface area (TPSA) is 222 Å². The molecule has 0 bridgehead atoms. The summed E-state index contributed by atoms with van der Waals surface area (Å²) in [5, 5.41) is 70.0. The summed E-state index contributed by atoms with van der Waals surface area (Å²) in [5.41, 5.74) is 1.35. The van der Waals surface area contributed by atoms with E-state index in [9.17, 15) is 40.2 Å². The molecule has 1 saturated heterocycles. The molecule has 0 amide bonds. The van der Waals surface area contributed by atoms with Gasteiger partial charge in [-0.1, -0.05) is 0 Å². The van der Waals surface area contributed by atoms with Crippen molar-refractivity contribution in [2.75, 3.05) is 34.0 Å². The van der Waals surface area contributed by atoms with Crippen LogP contribution in [0.3, 0.4) is 0 Å². The van der Waals surface area contributed by atoms with Crippen LogP contribution in [0, 0.1) is 0 Å². The minimum absolute atomic E-state index is 0.0328. The summed E-state index contributed by atoms with van der Waals surface area (Å²) in [6.07, 6.45) is -7.65. The molecule has 14 nitrogen and oxygen atoms in total. The fourth-order valence-corrected chi connectivity index (χ4v) is 4.55. The Kier molecular flexibility index (Phi) is 12.4. The minimum atomic E-state index is -1.76. The largest absolute Gasteiger partial charge is 0.504 e. The van der Waals surface area contributed by atoms with Gasteiger partial charge in [-0.2, -0.15) is 0 Å². The monoisotopic (exact) mass is 610 g/mol. The van der Waals surface area contributed by atoms with Gasteiger partial charge in [0, 0.05) is 37.0 Å². The first-order chi connectivity index (χ1) is 20.5. The van der Waals surface area contributed by atoms with Gasteiger partial charge in [-0.3, -0.25) is 9.59 Å². The lowest BCUT2D eigenvalue weighted by molar-refractivity contribution is -0.277. The predicted molar refractivity (Wildman–Crippen MR) is 148 cm³/mol. The van der Waals surface area contributed by atoms with E-state index in [0.29, 0.717) is 17.5 Å². The van der Waals surface area contributed by atoms with Crippen LogP contribution in [0.2, 0.25) is 0 Å². The SMILES string of the molecule is COc1cc(CCC(=O)O)cc(-c2cc(CCC(=O)OCCCO)cc(OC)c2O[C@H]2O[C@H](CO)[C@@H](O)[C@H](O)[C@H]2O)c1O. The van der Waals surface area contributed by atoms with Crippen LogP contribution in [0.15, 0.2) is 24.3 Å². The third kappa shape index (κ3) is 8.46. The molecule has 3 rings (SSSR count). The molecule has 0 aliphatic carbocycles. The number of carboxylic acid groups (broad SMARTS) is 1.